The van der Waals surface area contributed by atoms with E-state index in [1.807, 2.05) is 6.92 Å². The first-order chi connectivity index (χ1) is 8.16. The predicted octanol–water partition coefficient (Wildman–Crippen LogP) is 4.08. The van der Waals surface area contributed by atoms with Crippen molar-refractivity contribution in [2.75, 3.05) is 0 Å². The Morgan fingerprint density at radius 3 is 2.47 bits per heavy atom. The van der Waals surface area contributed by atoms with Gasteiger partial charge in [0.15, 0.2) is 0 Å². The van der Waals surface area contributed by atoms with Crippen molar-refractivity contribution in [3.05, 3.63) is 34.9 Å². The molecule has 92 valence electrons. The maximum Gasteiger partial charge on any atom is 0.338 e. The van der Waals surface area contributed by atoms with Gasteiger partial charge in [-0.3, -0.25) is 0 Å². The first-order valence-corrected chi connectivity index (χ1v) is 6.51. The molecule has 0 saturated heterocycles. The van der Waals surface area contributed by atoms with E-state index in [2.05, 4.69) is 0 Å². The van der Waals surface area contributed by atoms with Crippen LogP contribution in [0.2, 0.25) is 5.02 Å². The highest BCUT2D eigenvalue weighted by atomic mass is 35.5. The minimum Gasteiger partial charge on any atom is -0.459 e. The number of halogens is 1. The highest BCUT2D eigenvalue weighted by Crippen LogP contribution is 2.29. The zero-order valence-corrected chi connectivity index (χ0v) is 10.7. The van der Waals surface area contributed by atoms with Crippen LogP contribution in [0.15, 0.2) is 24.3 Å². The highest BCUT2D eigenvalue weighted by molar-refractivity contribution is 6.30. The number of rotatable bonds is 3. The summed E-state index contributed by atoms with van der Waals surface area (Å²) in [5.41, 5.74) is 0.569. The second-order valence-corrected chi connectivity index (χ2v) is 5.10. The van der Waals surface area contributed by atoms with E-state index in [0.29, 0.717) is 16.5 Å². The molecule has 3 heteroatoms. The van der Waals surface area contributed by atoms with Gasteiger partial charge in [-0.25, -0.2) is 4.79 Å². The molecule has 1 aromatic carbocycles. The summed E-state index contributed by atoms with van der Waals surface area (Å²) >= 11 is 5.77. The Bertz CT molecular complexity index is 380. The minimum absolute atomic E-state index is 0.0145. The van der Waals surface area contributed by atoms with E-state index in [0.717, 1.165) is 0 Å². The second kappa shape index (κ2) is 5.54. The smallest absolute Gasteiger partial charge is 0.338 e. The van der Waals surface area contributed by atoms with Crippen LogP contribution in [-0.4, -0.2) is 12.1 Å². The van der Waals surface area contributed by atoms with Crippen LogP contribution < -0.4 is 0 Å². The van der Waals surface area contributed by atoms with Gasteiger partial charge in [-0.2, -0.15) is 0 Å². The summed E-state index contributed by atoms with van der Waals surface area (Å²) in [6.45, 7) is 1.99. The molecule has 1 saturated carbocycles. The maximum atomic E-state index is 11.9. The van der Waals surface area contributed by atoms with Crippen molar-refractivity contribution in [1.82, 2.24) is 0 Å². The second-order valence-electron chi connectivity index (χ2n) is 4.66. The van der Waals surface area contributed by atoms with Gasteiger partial charge in [0.1, 0.15) is 6.10 Å². The summed E-state index contributed by atoms with van der Waals surface area (Å²) in [7, 11) is 0. The third kappa shape index (κ3) is 3.22. The third-order valence-electron chi connectivity index (χ3n) is 3.44. The summed E-state index contributed by atoms with van der Waals surface area (Å²) in [6.07, 6.45) is 4.88. The fourth-order valence-electron chi connectivity index (χ4n) is 2.35. The number of hydrogen-bond donors (Lipinski definition) is 0. The van der Waals surface area contributed by atoms with Crippen molar-refractivity contribution in [3.8, 4) is 0 Å². The van der Waals surface area contributed by atoms with Gasteiger partial charge in [-0.05, 0) is 49.9 Å². The standard InChI is InChI=1S/C14H17ClO2/c1-10(11-4-2-3-5-11)17-14(16)12-6-8-13(15)9-7-12/h6-11H,2-5H2,1H3. The van der Waals surface area contributed by atoms with Crippen LogP contribution >= 0.6 is 11.6 Å². The predicted molar refractivity (Wildman–Crippen MR) is 68.3 cm³/mol. The molecule has 1 aliphatic rings. The third-order valence-corrected chi connectivity index (χ3v) is 3.69. The highest BCUT2D eigenvalue weighted by Gasteiger charge is 2.24. The van der Waals surface area contributed by atoms with E-state index in [1.54, 1.807) is 24.3 Å². The Balaban J connectivity index is 1.94. The molecule has 0 amide bonds. The monoisotopic (exact) mass is 252 g/mol. The zero-order valence-electron chi connectivity index (χ0n) is 9.99. The van der Waals surface area contributed by atoms with E-state index in [4.69, 9.17) is 16.3 Å². The summed E-state index contributed by atoms with van der Waals surface area (Å²) in [4.78, 5) is 11.9. The Morgan fingerprint density at radius 1 is 1.29 bits per heavy atom. The molecule has 0 radical (unpaired) electrons. The van der Waals surface area contributed by atoms with E-state index in [9.17, 15) is 4.79 Å². The van der Waals surface area contributed by atoms with Crippen molar-refractivity contribution in [2.45, 2.75) is 38.7 Å². The summed E-state index contributed by atoms with van der Waals surface area (Å²) in [6, 6.07) is 6.81. The Hall–Kier alpha value is -1.02. The van der Waals surface area contributed by atoms with Crippen LogP contribution in [0.3, 0.4) is 0 Å². The number of hydrogen-bond acceptors (Lipinski definition) is 2. The molecule has 0 heterocycles. The van der Waals surface area contributed by atoms with E-state index in [-0.39, 0.29) is 12.1 Å². The fraction of sp³-hybridized carbons (Fsp3) is 0.500. The Labute approximate surface area is 107 Å². The molecule has 17 heavy (non-hydrogen) atoms. The lowest BCUT2D eigenvalue weighted by Crippen LogP contribution is -2.22. The van der Waals surface area contributed by atoms with Crippen LogP contribution in [0, 0.1) is 5.92 Å². The Kier molecular flexibility index (Phi) is 4.06. The number of ether oxygens (including phenoxy) is 1. The summed E-state index contributed by atoms with van der Waals surface area (Å²) in [5, 5.41) is 0.630. The number of esters is 1. The van der Waals surface area contributed by atoms with Gasteiger partial charge in [-0.1, -0.05) is 24.4 Å². The quantitative estimate of drug-likeness (QED) is 0.758. The molecule has 0 bridgehead atoms. The van der Waals surface area contributed by atoms with E-state index in [1.165, 1.54) is 25.7 Å². The van der Waals surface area contributed by atoms with Crippen LogP contribution in [0.5, 0.6) is 0 Å². The van der Waals surface area contributed by atoms with E-state index >= 15 is 0 Å². The molecule has 1 aliphatic carbocycles. The molecule has 1 unspecified atom stereocenters. The van der Waals surface area contributed by atoms with Gasteiger partial charge in [0.2, 0.25) is 0 Å². The summed E-state index contributed by atoms with van der Waals surface area (Å²) in [5.74, 6) is 0.285. The molecule has 1 aromatic rings. The molecule has 1 atom stereocenters. The molecular weight excluding hydrogens is 236 g/mol. The maximum absolute atomic E-state index is 11.9. The van der Waals surface area contributed by atoms with Crippen molar-refractivity contribution in [2.24, 2.45) is 5.92 Å². The molecule has 0 N–H and O–H groups in total. The number of benzene rings is 1. The number of carbonyl (C=O) groups excluding carboxylic acids is 1. The lowest BCUT2D eigenvalue weighted by molar-refractivity contribution is 0.0204. The average molecular weight is 253 g/mol. The van der Waals surface area contributed by atoms with Crippen molar-refractivity contribution in [3.63, 3.8) is 0 Å². The molecule has 0 aromatic heterocycles. The average Bonchev–Trinajstić information content (AvgIpc) is 2.83. The molecule has 0 spiro atoms. The van der Waals surface area contributed by atoms with Crippen molar-refractivity contribution in [1.29, 1.82) is 0 Å². The van der Waals surface area contributed by atoms with Gasteiger partial charge in [0, 0.05) is 5.02 Å². The SMILES string of the molecule is CC(OC(=O)c1ccc(Cl)cc1)C1CCCC1. The molecule has 0 aliphatic heterocycles. The molecule has 2 nitrogen and oxygen atoms in total. The summed E-state index contributed by atoms with van der Waals surface area (Å²) < 4.78 is 5.48. The van der Waals surface area contributed by atoms with Gasteiger partial charge < -0.3 is 4.74 Å². The van der Waals surface area contributed by atoms with Crippen LogP contribution in [0.1, 0.15) is 43.0 Å². The largest absolute Gasteiger partial charge is 0.459 e. The number of carbonyl (C=O) groups is 1. The van der Waals surface area contributed by atoms with Crippen LogP contribution in [0.4, 0.5) is 0 Å². The lowest BCUT2D eigenvalue weighted by atomic mass is 10.0. The minimum atomic E-state index is -0.249. The molecular formula is C14H17ClO2. The van der Waals surface area contributed by atoms with E-state index < -0.39 is 0 Å². The first kappa shape index (κ1) is 12.4. The zero-order chi connectivity index (χ0) is 12.3. The molecule has 2 rings (SSSR count). The van der Waals surface area contributed by atoms with Gasteiger partial charge in [0.05, 0.1) is 5.56 Å². The Morgan fingerprint density at radius 2 is 1.88 bits per heavy atom. The topological polar surface area (TPSA) is 26.3 Å². The van der Waals surface area contributed by atoms with Crippen LogP contribution in [0.25, 0.3) is 0 Å². The lowest BCUT2D eigenvalue weighted by Gasteiger charge is -2.19. The van der Waals surface area contributed by atoms with Crippen molar-refractivity contribution < 1.29 is 9.53 Å². The van der Waals surface area contributed by atoms with Gasteiger partial charge >= 0.3 is 5.97 Å². The van der Waals surface area contributed by atoms with Gasteiger partial charge in [-0.15, -0.1) is 0 Å². The normalized spacial score (nSPS) is 18.0. The fourth-order valence-corrected chi connectivity index (χ4v) is 2.47. The van der Waals surface area contributed by atoms with Crippen LogP contribution in [-0.2, 0) is 4.74 Å². The first-order valence-electron chi connectivity index (χ1n) is 6.13. The van der Waals surface area contributed by atoms with Gasteiger partial charge in [0.25, 0.3) is 0 Å². The van der Waals surface area contributed by atoms with Crippen molar-refractivity contribution >= 4 is 17.6 Å². The molecule has 1 fully saturated rings.